The Morgan fingerprint density at radius 3 is 2.46 bits per heavy atom. The Balaban J connectivity index is 2.24. The Hall–Kier alpha value is -2.58. The zero-order chi connectivity index (χ0) is 20.9. The predicted molar refractivity (Wildman–Crippen MR) is 109 cm³/mol. The van der Waals surface area contributed by atoms with Crippen LogP contribution >= 0.6 is 11.6 Å². The SMILES string of the molecule is CCOC(=O)c1cccc(NC(=O)CN(c2cccc(Cl)c2)S(C)(=O)=O)c1C. The molecule has 0 aliphatic carbocycles. The number of rotatable bonds is 7. The second-order valence-electron chi connectivity index (χ2n) is 6.00. The van der Waals surface area contributed by atoms with Crippen molar-refractivity contribution in [3.63, 3.8) is 0 Å². The number of hydrogen-bond donors (Lipinski definition) is 1. The lowest BCUT2D eigenvalue weighted by Gasteiger charge is -2.22. The van der Waals surface area contributed by atoms with E-state index in [0.29, 0.717) is 21.8 Å². The molecule has 0 saturated heterocycles. The topological polar surface area (TPSA) is 92.8 Å². The first-order chi connectivity index (χ1) is 13.1. The van der Waals surface area contributed by atoms with Gasteiger partial charge in [0.15, 0.2) is 0 Å². The van der Waals surface area contributed by atoms with E-state index in [0.717, 1.165) is 10.6 Å². The van der Waals surface area contributed by atoms with E-state index in [9.17, 15) is 18.0 Å². The van der Waals surface area contributed by atoms with E-state index in [4.69, 9.17) is 16.3 Å². The number of sulfonamides is 1. The van der Waals surface area contributed by atoms with Gasteiger partial charge in [0.2, 0.25) is 15.9 Å². The van der Waals surface area contributed by atoms with Gasteiger partial charge in [-0.2, -0.15) is 0 Å². The first kappa shape index (κ1) is 21.7. The molecule has 0 heterocycles. The van der Waals surface area contributed by atoms with Crippen molar-refractivity contribution in [1.29, 1.82) is 0 Å². The molecule has 2 aromatic rings. The number of nitrogens with one attached hydrogen (secondary N) is 1. The van der Waals surface area contributed by atoms with E-state index in [-0.39, 0.29) is 12.3 Å². The number of hydrogen-bond acceptors (Lipinski definition) is 5. The fraction of sp³-hybridized carbons (Fsp3) is 0.263. The number of halogens is 1. The van der Waals surface area contributed by atoms with Crippen molar-refractivity contribution in [2.75, 3.05) is 29.0 Å². The predicted octanol–water partition coefficient (Wildman–Crippen LogP) is 3.23. The molecule has 0 aliphatic rings. The zero-order valence-corrected chi connectivity index (χ0v) is 17.3. The normalized spacial score (nSPS) is 11.0. The van der Waals surface area contributed by atoms with Gasteiger partial charge in [-0.05, 0) is 49.7 Å². The molecule has 0 aliphatic heterocycles. The van der Waals surface area contributed by atoms with E-state index >= 15 is 0 Å². The Kier molecular flexibility index (Phi) is 7.04. The van der Waals surface area contributed by atoms with E-state index in [1.54, 1.807) is 50.2 Å². The van der Waals surface area contributed by atoms with Gasteiger partial charge < -0.3 is 10.1 Å². The van der Waals surface area contributed by atoms with Gasteiger partial charge in [-0.3, -0.25) is 9.10 Å². The molecule has 0 unspecified atom stereocenters. The second kappa shape index (κ2) is 9.07. The van der Waals surface area contributed by atoms with Crippen molar-refractivity contribution in [1.82, 2.24) is 0 Å². The maximum atomic E-state index is 12.5. The third-order valence-electron chi connectivity index (χ3n) is 3.89. The van der Waals surface area contributed by atoms with Crippen LogP contribution in [0, 0.1) is 6.92 Å². The molecule has 2 rings (SSSR count). The summed E-state index contributed by atoms with van der Waals surface area (Å²) >= 11 is 5.93. The zero-order valence-electron chi connectivity index (χ0n) is 15.7. The summed E-state index contributed by atoms with van der Waals surface area (Å²) in [7, 11) is -3.72. The lowest BCUT2D eigenvalue weighted by atomic mass is 10.1. The van der Waals surface area contributed by atoms with Gasteiger partial charge in [-0.25, -0.2) is 13.2 Å². The van der Waals surface area contributed by atoms with Crippen molar-refractivity contribution >= 4 is 44.9 Å². The van der Waals surface area contributed by atoms with Crippen LogP contribution in [0.25, 0.3) is 0 Å². The molecule has 0 bridgehead atoms. The van der Waals surface area contributed by atoms with Crippen LogP contribution in [0.1, 0.15) is 22.8 Å². The lowest BCUT2D eigenvalue weighted by Crippen LogP contribution is -2.37. The van der Waals surface area contributed by atoms with Crippen LogP contribution < -0.4 is 9.62 Å². The minimum atomic E-state index is -3.72. The first-order valence-electron chi connectivity index (χ1n) is 8.43. The highest BCUT2D eigenvalue weighted by molar-refractivity contribution is 7.92. The molecule has 1 amide bonds. The Labute approximate surface area is 169 Å². The van der Waals surface area contributed by atoms with Gasteiger partial charge in [0.25, 0.3) is 0 Å². The number of amides is 1. The number of nitrogens with zero attached hydrogens (tertiary/aromatic N) is 1. The molecule has 0 radical (unpaired) electrons. The maximum Gasteiger partial charge on any atom is 0.338 e. The molecule has 1 N–H and O–H groups in total. The van der Waals surface area contributed by atoms with Crippen LogP contribution in [0.5, 0.6) is 0 Å². The molecule has 2 aromatic carbocycles. The van der Waals surface area contributed by atoms with Gasteiger partial charge in [0.05, 0.1) is 24.1 Å². The summed E-state index contributed by atoms with van der Waals surface area (Å²) in [5, 5.41) is 3.00. The van der Waals surface area contributed by atoms with Gasteiger partial charge in [-0.1, -0.05) is 23.7 Å². The first-order valence-corrected chi connectivity index (χ1v) is 10.7. The molecule has 9 heteroatoms. The summed E-state index contributed by atoms with van der Waals surface area (Å²) < 4.78 is 30.3. The quantitative estimate of drug-likeness (QED) is 0.689. The molecule has 0 aromatic heterocycles. The van der Waals surface area contributed by atoms with Crippen LogP contribution in [-0.2, 0) is 19.6 Å². The van der Waals surface area contributed by atoms with E-state index in [1.165, 1.54) is 6.07 Å². The maximum absolute atomic E-state index is 12.5. The largest absolute Gasteiger partial charge is 0.462 e. The molecular formula is C19H21ClN2O5S. The summed E-state index contributed by atoms with van der Waals surface area (Å²) in [5.41, 5.74) is 1.54. The molecule has 0 spiro atoms. The Morgan fingerprint density at radius 1 is 1.18 bits per heavy atom. The fourth-order valence-electron chi connectivity index (χ4n) is 2.55. The van der Waals surface area contributed by atoms with Gasteiger partial charge in [0, 0.05) is 10.7 Å². The summed E-state index contributed by atoms with van der Waals surface area (Å²) in [6, 6.07) is 11.0. The third-order valence-corrected chi connectivity index (χ3v) is 5.26. The smallest absolute Gasteiger partial charge is 0.338 e. The number of benzene rings is 2. The van der Waals surface area contributed by atoms with E-state index < -0.39 is 28.4 Å². The summed E-state index contributed by atoms with van der Waals surface area (Å²) in [4.78, 5) is 24.5. The molecule has 28 heavy (non-hydrogen) atoms. The third kappa shape index (κ3) is 5.46. The van der Waals surface area contributed by atoms with Gasteiger partial charge in [-0.15, -0.1) is 0 Å². The standard InChI is InChI=1S/C19H21ClN2O5S/c1-4-27-19(24)16-9-6-10-17(13(16)2)21-18(23)12-22(28(3,25)26)15-8-5-7-14(20)11-15/h5-11H,4,12H2,1-3H3,(H,21,23). The number of carbonyl (C=O) groups is 2. The van der Waals surface area contributed by atoms with Crippen molar-refractivity contribution in [2.24, 2.45) is 0 Å². The molecule has 7 nitrogen and oxygen atoms in total. The van der Waals surface area contributed by atoms with Crippen LogP contribution in [0.15, 0.2) is 42.5 Å². The monoisotopic (exact) mass is 424 g/mol. The van der Waals surface area contributed by atoms with Crippen molar-refractivity contribution in [3.8, 4) is 0 Å². The summed E-state index contributed by atoms with van der Waals surface area (Å²) in [5.74, 6) is -1.05. The van der Waals surface area contributed by atoms with Crippen LogP contribution in [0.3, 0.4) is 0 Å². The summed E-state index contributed by atoms with van der Waals surface area (Å²) in [6.45, 7) is 3.17. The fourth-order valence-corrected chi connectivity index (χ4v) is 3.59. The minimum absolute atomic E-state index is 0.234. The van der Waals surface area contributed by atoms with Crippen molar-refractivity contribution < 1.29 is 22.7 Å². The van der Waals surface area contributed by atoms with Crippen molar-refractivity contribution in [3.05, 3.63) is 58.6 Å². The van der Waals surface area contributed by atoms with E-state index in [1.807, 2.05) is 0 Å². The molecule has 0 fully saturated rings. The minimum Gasteiger partial charge on any atom is -0.462 e. The van der Waals surface area contributed by atoms with Crippen LogP contribution in [0.2, 0.25) is 5.02 Å². The molecule has 150 valence electrons. The molecule has 0 saturated carbocycles. The average molecular weight is 425 g/mol. The summed E-state index contributed by atoms with van der Waals surface area (Å²) in [6.07, 6.45) is 1.01. The highest BCUT2D eigenvalue weighted by atomic mass is 35.5. The van der Waals surface area contributed by atoms with Crippen LogP contribution in [0.4, 0.5) is 11.4 Å². The molecule has 0 atom stereocenters. The lowest BCUT2D eigenvalue weighted by molar-refractivity contribution is -0.114. The Morgan fingerprint density at radius 2 is 1.86 bits per heavy atom. The Bertz CT molecular complexity index is 992. The number of ether oxygens (including phenoxy) is 1. The van der Waals surface area contributed by atoms with Crippen LogP contribution in [-0.4, -0.2) is 39.7 Å². The van der Waals surface area contributed by atoms with Crippen molar-refractivity contribution in [2.45, 2.75) is 13.8 Å². The van der Waals surface area contributed by atoms with Gasteiger partial charge >= 0.3 is 5.97 Å². The van der Waals surface area contributed by atoms with Gasteiger partial charge in [0.1, 0.15) is 6.54 Å². The van der Waals surface area contributed by atoms with E-state index in [2.05, 4.69) is 5.32 Å². The number of anilines is 2. The molecular weight excluding hydrogens is 404 g/mol. The second-order valence-corrected chi connectivity index (χ2v) is 8.34. The number of carbonyl (C=O) groups excluding carboxylic acids is 2. The average Bonchev–Trinajstić information content (AvgIpc) is 2.60. The number of esters is 1. The highest BCUT2D eigenvalue weighted by Crippen LogP contribution is 2.23. The highest BCUT2D eigenvalue weighted by Gasteiger charge is 2.22.